The van der Waals surface area contributed by atoms with E-state index in [2.05, 4.69) is 23.7 Å². The van der Waals surface area contributed by atoms with Crippen molar-refractivity contribution in [3.63, 3.8) is 0 Å². The zero-order chi connectivity index (χ0) is 15.2. The molecule has 0 aliphatic rings. The highest BCUT2D eigenvalue weighted by atomic mass is 16.5. The Kier molecular flexibility index (Phi) is 5.53. The van der Waals surface area contributed by atoms with Gasteiger partial charge in [0.1, 0.15) is 0 Å². The molecule has 4 heteroatoms. The number of hydrogen-bond donors (Lipinski definition) is 1. The van der Waals surface area contributed by atoms with E-state index in [-0.39, 0.29) is 5.78 Å². The highest BCUT2D eigenvalue weighted by molar-refractivity contribution is 6.08. The summed E-state index contributed by atoms with van der Waals surface area (Å²) in [5, 5.41) is 0.999. The molecule has 1 aromatic carbocycles. The number of para-hydroxylation sites is 1. The number of nitrogens with zero attached hydrogens (tertiary/aromatic N) is 1. The fraction of sp³-hybridized carbons (Fsp3) is 0.471. The van der Waals surface area contributed by atoms with Gasteiger partial charge in [-0.1, -0.05) is 32.0 Å². The molecule has 0 saturated carbocycles. The minimum Gasteiger partial charge on any atom is -0.383 e. The standard InChI is InChI=1S/C17H24N2O2/c1-13(2)11-19(8-9-21-3)12-17(20)15-10-18-16-7-5-4-6-14(15)16/h4-7,10,13,18H,8-9,11-12H2,1-3H3. The summed E-state index contributed by atoms with van der Waals surface area (Å²) < 4.78 is 5.14. The van der Waals surface area contributed by atoms with E-state index < -0.39 is 0 Å². The van der Waals surface area contributed by atoms with Crippen molar-refractivity contribution < 1.29 is 9.53 Å². The molecule has 0 unspecified atom stereocenters. The number of carbonyl (C=O) groups excluding carboxylic acids is 1. The molecular formula is C17H24N2O2. The average molecular weight is 288 g/mol. The number of aromatic nitrogens is 1. The molecule has 0 spiro atoms. The lowest BCUT2D eigenvalue weighted by Gasteiger charge is -2.23. The number of rotatable bonds is 8. The lowest BCUT2D eigenvalue weighted by Crippen LogP contribution is -2.35. The van der Waals surface area contributed by atoms with Gasteiger partial charge in [0.15, 0.2) is 5.78 Å². The largest absolute Gasteiger partial charge is 0.383 e. The van der Waals surface area contributed by atoms with E-state index in [1.165, 1.54) is 0 Å². The van der Waals surface area contributed by atoms with E-state index in [4.69, 9.17) is 4.74 Å². The first-order valence-electron chi connectivity index (χ1n) is 7.42. The van der Waals surface area contributed by atoms with Gasteiger partial charge in [-0.05, 0) is 12.0 Å². The highest BCUT2D eigenvalue weighted by Crippen LogP contribution is 2.18. The van der Waals surface area contributed by atoms with Crippen LogP contribution in [-0.2, 0) is 4.74 Å². The Bertz CT molecular complexity index is 589. The molecule has 0 saturated heterocycles. The van der Waals surface area contributed by atoms with Crippen LogP contribution in [0.5, 0.6) is 0 Å². The van der Waals surface area contributed by atoms with Crippen LogP contribution in [0, 0.1) is 5.92 Å². The third kappa shape index (κ3) is 4.16. The van der Waals surface area contributed by atoms with Crippen molar-refractivity contribution in [1.82, 2.24) is 9.88 Å². The Labute approximate surface area is 126 Å². The molecule has 1 N–H and O–H groups in total. The SMILES string of the molecule is COCCN(CC(=O)c1c[nH]c2ccccc12)CC(C)C. The summed E-state index contributed by atoms with van der Waals surface area (Å²) >= 11 is 0. The number of ether oxygens (including phenoxy) is 1. The van der Waals surface area contributed by atoms with Gasteiger partial charge in [0.25, 0.3) is 0 Å². The van der Waals surface area contributed by atoms with Crippen LogP contribution in [0.15, 0.2) is 30.5 Å². The first-order chi connectivity index (χ1) is 10.1. The Balaban J connectivity index is 2.10. The lowest BCUT2D eigenvalue weighted by molar-refractivity contribution is 0.0883. The number of benzene rings is 1. The van der Waals surface area contributed by atoms with Crippen LogP contribution < -0.4 is 0 Å². The van der Waals surface area contributed by atoms with E-state index in [9.17, 15) is 4.79 Å². The Morgan fingerprint density at radius 1 is 1.33 bits per heavy atom. The molecule has 21 heavy (non-hydrogen) atoms. The Morgan fingerprint density at radius 3 is 2.81 bits per heavy atom. The van der Waals surface area contributed by atoms with Crippen LogP contribution in [0.25, 0.3) is 10.9 Å². The fourth-order valence-electron chi connectivity index (χ4n) is 2.56. The van der Waals surface area contributed by atoms with Crippen LogP contribution >= 0.6 is 0 Å². The van der Waals surface area contributed by atoms with Gasteiger partial charge in [-0.15, -0.1) is 0 Å². The van der Waals surface area contributed by atoms with Gasteiger partial charge in [0.05, 0.1) is 13.2 Å². The first-order valence-corrected chi connectivity index (χ1v) is 7.42. The zero-order valence-corrected chi connectivity index (χ0v) is 13.1. The van der Waals surface area contributed by atoms with Gasteiger partial charge in [-0.25, -0.2) is 0 Å². The van der Waals surface area contributed by atoms with E-state index >= 15 is 0 Å². The molecular weight excluding hydrogens is 264 g/mol. The molecule has 4 nitrogen and oxygen atoms in total. The van der Waals surface area contributed by atoms with Crippen molar-refractivity contribution in [2.45, 2.75) is 13.8 Å². The molecule has 114 valence electrons. The van der Waals surface area contributed by atoms with Crippen molar-refractivity contribution in [2.24, 2.45) is 5.92 Å². The third-order valence-corrected chi connectivity index (χ3v) is 3.49. The van der Waals surface area contributed by atoms with Crippen LogP contribution in [0.2, 0.25) is 0 Å². The molecule has 1 aromatic heterocycles. The minimum absolute atomic E-state index is 0.157. The summed E-state index contributed by atoms with van der Waals surface area (Å²) in [5.74, 6) is 0.682. The van der Waals surface area contributed by atoms with Crippen LogP contribution in [-0.4, -0.2) is 49.0 Å². The number of H-pyrrole nitrogens is 1. The third-order valence-electron chi connectivity index (χ3n) is 3.49. The van der Waals surface area contributed by atoms with Crippen molar-refractivity contribution in [3.8, 4) is 0 Å². The maximum atomic E-state index is 12.6. The number of nitrogens with one attached hydrogen (secondary N) is 1. The molecule has 2 aromatic rings. The van der Waals surface area contributed by atoms with Crippen molar-refractivity contribution in [1.29, 1.82) is 0 Å². The number of aromatic amines is 1. The van der Waals surface area contributed by atoms with E-state index in [0.717, 1.165) is 29.6 Å². The summed E-state index contributed by atoms with van der Waals surface area (Å²) in [7, 11) is 1.69. The maximum Gasteiger partial charge on any atom is 0.178 e. The molecule has 0 radical (unpaired) electrons. The number of ketones is 1. The summed E-state index contributed by atoms with van der Waals surface area (Å²) in [5.41, 5.74) is 1.78. The normalized spacial score (nSPS) is 11.7. The lowest BCUT2D eigenvalue weighted by atomic mass is 10.1. The van der Waals surface area contributed by atoms with E-state index in [0.29, 0.717) is 19.1 Å². The molecule has 1 heterocycles. The monoisotopic (exact) mass is 288 g/mol. The smallest absolute Gasteiger partial charge is 0.178 e. The number of methoxy groups -OCH3 is 1. The Hall–Kier alpha value is -1.65. The quantitative estimate of drug-likeness (QED) is 0.760. The average Bonchev–Trinajstić information content (AvgIpc) is 2.88. The molecule has 0 amide bonds. The Morgan fingerprint density at radius 2 is 2.10 bits per heavy atom. The number of fused-ring (bicyclic) bond motifs is 1. The molecule has 2 rings (SSSR count). The second-order valence-corrected chi connectivity index (χ2v) is 5.79. The second kappa shape index (κ2) is 7.38. The van der Waals surface area contributed by atoms with Crippen molar-refractivity contribution in [2.75, 3.05) is 33.4 Å². The van der Waals surface area contributed by atoms with E-state index in [1.54, 1.807) is 7.11 Å². The second-order valence-electron chi connectivity index (χ2n) is 5.79. The van der Waals surface area contributed by atoms with Crippen LogP contribution in [0.4, 0.5) is 0 Å². The summed E-state index contributed by atoms with van der Waals surface area (Å²) in [6, 6.07) is 7.91. The minimum atomic E-state index is 0.157. The van der Waals surface area contributed by atoms with Crippen molar-refractivity contribution in [3.05, 3.63) is 36.0 Å². The number of hydrogen-bond acceptors (Lipinski definition) is 3. The van der Waals surface area contributed by atoms with Crippen LogP contribution in [0.1, 0.15) is 24.2 Å². The van der Waals surface area contributed by atoms with Gasteiger partial charge in [-0.3, -0.25) is 9.69 Å². The molecule has 0 bridgehead atoms. The maximum absolute atomic E-state index is 12.6. The van der Waals surface area contributed by atoms with Crippen LogP contribution in [0.3, 0.4) is 0 Å². The number of Topliss-reactive ketones (excluding diaryl/α,β-unsaturated/α-hetero) is 1. The summed E-state index contributed by atoms with van der Waals surface area (Å²) in [6.45, 7) is 7.09. The molecule has 0 atom stereocenters. The van der Waals surface area contributed by atoms with Gasteiger partial charge in [-0.2, -0.15) is 0 Å². The number of carbonyl (C=O) groups is 1. The van der Waals surface area contributed by atoms with Gasteiger partial charge >= 0.3 is 0 Å². The topological polar surface area (TPSA) is 45.3 Å². The van der Waals surface area contributed by atoms with Crippen molar-refractivity contribution >= 4 is 16.7 Å². The van der Waals surface area contributed by atoms with Gasteiger partial charge in [0.2, 0.25) is 0 Å². The summed E-state index contributed by atoms with van der Waals surface area (Å²) in [6.07, 6.45) is 1.82. The van der Waals surface area contributed by atoms with Gasteiger partial charge < -0.3 is 9.72 Å². The predicted molar refractivity (Wildman–Crippen MR) is 85.8 cm³/mol. The highest BCUT2D eigenvalue weighted by Gasteiger charge is 2.16. The molecule has 0 fully saturated rings. The fourth-order valence-corrected chi connectivity index (χ4v) is 2.56. The first kappa shape index (κ1) is 15.7. The molecule has 0 aliphatic heterocycles. The predicted octanol–water partition coefficient (Wildman–Crippen LogP) is 2.96. The van der Waals surface area contributed by atoms with E-state index in [1.807, 2.05) is 30.5 Å². The molecule has 0 aliphatic carbocycles. The summed E-state index contributed by atoms with van der Waals surface area (Å²) in [4.78, 5) is 17.9. The zero-order valence-electron chi connectivity index (χ0n) is 13.1. The van der Waals surface area contributed by atoms with Gasteiger partial charge in [0, 0.05) is 42.9 Å².